The maximum Gasteiger partial charge on any atom is 0.422 e. The number of aromatic nitrogens is 3. The zero-order valence-corrected chi connectivity index (χ0v) is 11.1. The van der Waals surface area contributed by atoms with Crippen LogP contribution in [0.1, 0.15) is 5.56 Å². The summed E-state index contributed by atoms with van der Waals surface area (Å²) < 4.78 is 78.2. The summed E-state index contributed by atoms with van der Waals surface area (Å²) in [4.78, 5) is 10.5. The highest BCUT2D eigenvalue weighted by molar-refractivity contribution is 5.54. The predicted molar refractivity (Wildman–Crippen MR) is 66.1 cm³/mol. The van der Waals surface area contributed by atoms with Gasteiger partial charge in [-0.3, -0.25) is 0 Å². The maximum absolute atomic E-state index is 12.6. The molecule has 0 aliphatic carbocycles. The van der Waals surface area contributed by atoms with Crippen LogP contribution < -0.4 is 10.1 Å². The molecule has 11 heteroatoms. The first-order valence-corrected chi connectivity index (χ1v) is 5.96. The normalized spacial score (nSPS) is 12.1. The van der Waals surface area contributed by atoms with Crippen LogP contribution >= 0.6 is 0 Å². The van der Waals surface area contributed by atoms with Crippen LogP contribution in [0.2, 0.25) is 0 Å². The summed E-state index contributed by atoms with van der Waals surface area (Å²) >= 11 is 0. The van der Waals surface area contributed by atoms with Crippen molar-refractivity contribution in [2.75, 3.05) is 11.9 Å². The number of nitrogens with one attached hydrogen (secondary N) is 1. The molecule has 0 saturated carbocycles. The minimum absolute atomic E-state index is 0.00722. The second kappa shape index (κ2) is 6.26. The van der Waals surface area contributed by atoms with E-state index in [0.717, 1.165) is 24.5 Å². The van der Waals surface area contributed by atoms with Crippen molar-refractivity contribution in [1.29, 1.82) is 0 Å². The zero-order chi connectivity index (χ0) is 17.1. The predicted octanol–water partition coefficient (Wildman–Crippen LogP) is 3.58. The summed E-state index contributed by atoms with van der Waals surface area (Å²) in [6.07, 6.45) is -8.23. The van der Waals surface area contributed by atoms with Gasteiger partial charge in [-0.05, 0) is 18.2 Å². The topological polar surface area (TPSA) is 59.9 Å². The number of halogens is 6. The Labute approximate surface area is 125 Å². The van der Waals surface area contributed by atoms with Crippen LogP contribution in [0.15, 0.2) is 30.6 Å². The summed E-state index contributed by atoms with van der Waals surface area (Å²) in [6, 6.07) is 3.55. The number of ether oxygens (including phenoxy) is 1. The molecule has 0 saturated heterocycles. The molecule has 1 aromatic carbocycles. The van der Waals surface area contributed by atoms with Crippen molar-refractivity contribution in [3.8, 4) is 6.01 Å². The summed E-state index contributed by atoms with van der Waals surface area (Å²) in [5, 5.41) is 2.43. The number of alkyl halides is 6. The second-order valence-corrected chi connectivity index (χ2v) is 4.20. The molecule has 0 fully saturated rings. The van der Waals surface area contributed by atoms with Crippen LogP contribution in [-0.2, 0) is 6.18 Å². The second-order valence-electron chi connectivity index (χ2n) is 4.20. The van der Waals surface area contributed by atoms with Gasteiger partial charge in [0, 0.05) is 5.69 Å². The van der Waals surface area contributed by atoms with Crippen molar-refractivity contribution >= 4 is 11.6 Å². The van der Waals surface area contributed by atoms with Crippen LogP contribution in [0.4, 0.5) is 38.0 Å². The minimum atomic E-state index is -4.57. The Kier molecular flexibility index (Phi) is 4.57. The van der Waals surface area contributed by atoms with Crippen LogP contribution in [0, 0.1) is 0 Å². The summed E-state index contributed by atoms with van der Waals surface area (Å²) in [6.45, 7) is -1.60. The Hall–Kier alpha value is -2.59. The largest absolute Gasteiger partial charge is 0.454 e. The first-order valence-electron chi connectivity index (χ1n) is 5.96. The van der Waals surface area contributed by atoms with E-state index in [1.807, 2.05) is 0 Å². The number of hydrogen-bond acceptors (Lipinski definition) is 5. The van der Waals surface area contributed by atoms with Gasteiger partial charge in [-0.25, -0.2) is 4.98 Å². The van der Waals surface area contributed by atoms with E-state index in [-0.39, 0.29) is 11.6 Å². The first-order chi connectivity index (χ1) is 10.6. The van der Waals surface area contributed by atoms with Crippen molar-refractivity contribution in [2.45, 2.75) is 12.4 Å². The van der Waals surface area contributed by atoms with Gasteiger partial charge in [0.2, 0.25) is 5.95 Å². The van der Waals surface area contributed by atoms with E-state index in [1.54, 1.807) is 0 Å². The highest BCUT2D eigenvalue weighted by Crippen LogP contribution is 2.31. The lowest BCUT2D eigenvalue weighted by atomic mass is 10.2. The number of hydrogen-bond donors (Lipinski definition) is 1. The van der Waals surface area contributed by atoms with Gasteiger partial charge in [-0.1, -0.05) is 6.07 Å². The maximum atomic E-state index is 12.6. The summed E-state index contributed by atoms with van der Waals surface area (Å²) in [7, 11) is 0. The van der Waals surface area contributed by atoms with Gasteiger partial charge >= 0.3 is 18.4 Å². The molecule has 0 spiro atoms. The fraction of sp³-hybridized carbons (Fsp3) is 0.250. The van der Waals surface area contributed by atoms with Crippen molar-refractivity contribution < 1.29 is 31.1 Å². The molecular formula is C12H8F6N4O. The molecule has 0 atom stereocenters. The number of anilines is 2. The van der Waals surface area contributed by atoms with Crippen LogP contribution in [0.25, 0.3) is 0 Å². The smallest absolute Gasteiger partial charge is 0.422 e. The van der Waals surface area contributed by atoms with Crippen molar-refractivity contribution in [3.05, 3.63) is 36.2 Å². The highest BCUT2D eigenvalue weighted by atomic mass is 19.4. The summed E-state index contributed by atoms with van der Waals surface area (Å²) in [5.74, 6) is -0.253. The molecule has 2 aromatic rings. The molecule has 1 N–H and O–H groups in total. The van der Waals surface area contributed by atoms with E-state index < -0.39 is 30.5 Å². The van der Waals surface area contributed by atoms with Gasteiger partial charge in [-0.15, -0.1) is 0 Å². The fourth-order valence-corrected chi connectivity index (χ4v) is 1.46. The van der Waals surface area contributed by atoms with Crippen LogP contribution in [0.5, 0.6) is 6.01 Å². The van der Waals surface area contributed by atoms with Crippen molar-refractivity contribution in [2.24, 2.45) is 0 Å². The van der Waals surface area contributed by atoms with E-state index >= 15 is 0 Å². The van der Waals surface area contributed by atoms with Gasteiger partial charge in [0.25, 0.3) is 0 Å². The van der Waals surface area contributed by atoms with E-state index in [1.165, 1.54) is 6.07 Å². The SMILES string of the molecule is FC(F)(F)COc1ncnc(Nc2cccc(C(F)(F)F)c2)n1. The monoisotopic (exact) mass is 338 g/mol. The Balaban J connectivity index is 2.12. The van der Waals surface area contributed by atoms with Crippen LogP contribution in [0.3, 0.4) is 0 Å². The molecule has 5 nitrogen and oxygen atoms in total. The fourth-order valence-electron chi connectivity index (χ4n) is 1.46. The molecule has 23 heavy (non-hydrogen) atoms. The molecular weight excluding hydrogens is 330 g/mol. The zero-order valence-electron chi connectivity index (χ0n) is 11.1. The average Bonchev–Trinajstić information content (AvgIpc) is 2.44. The molecule has 0 aliphatic rings. The standard InChI is InChI=1S/C12H8F6N4O/c13-11(14,15)5-23-10-20-6-19-9(22-10)21-8-3-1-2-7(4-8)12(16,17)18/h1-4,6H,5H2,(H,19,20,21,22). The molecule has 2 rings (SSSR count). The van der Waals surface area contributed by atoms with E-state index in [9.17, 15) is 26.3 Å². The molecule has 0 radical (unpaired) electrons. The first kappa shape index (κ1) is 16.8. The molecule has 124 valence electrons. The molecule has 1 aromatic heterocycles. The molecule has 0 bridgehead atoms. The Morgan fingerprint density at radius 3 is 2.43 bits per heavy atom. The third-order valence-electron chi connectivity index (χ3n) is 2.36. The average molecular weight is 338 g/mol. The lowest BCUT2D eigenvalue weighted by Crippen LogP contribution is -2.20. The third-order valence-corrected chi connectivity index (χ3v) is 2.36. The third kappa shape index (κ3) is 5.27. The lowest BCUT2D eigenvalue weighted by molar-refractivity contribution is -0.154. The summed E-state index contributed by atoms with van der Waals surface area (Å²) in [5.41, 5.74) is -0.891. The highest BCUT2D eigenvalue weighted by Gasteiger charge is 2.30. The molecule has 0 unspecified atom stereocenters. The Morgan fingerprint density at radius 1 is 1.04 bits per heavy atom. The van der Waals surface area contributed by atoms with Crippen molar-refractivity contribution in [1.82, 2.24) is 15.0 Å². The molecule has 1 heterocycles. The number of nitrogens with zero attached hydrogens (tertiary/aromatic N) is 3. The number of rotatable bonds is 4. The lowest BCUT2D eigenvalue weighted by Gasteiger charge is -2.10. The molecule has 0 aliphatic heterocycles. The van der Waals surface area contributed by atoms with E-state index in [0.29, 0.717) is 0 Å². The van der Waals surface area contributed by atoms with Crippen LogP contribution in [-0.4, -0.2) is 27.7 Å². The van der Waals surface area contributed by atoms with Gasteiger partial charge in [0.1, 0.15) is 6.33 Å². The van der Waals surface area contributed by atoms with Gasteiger partial charge in [0.05, 0.1) is 5.56 Å². The van der Waals surface area contributed by atoms with Gasteiger partial charge in [0.15, 0.2) is 6.61 Å². The van der Waals surface area contributed by atoms with E-state index in [4.69, 9.17) is 0 Å². The Bertz CT molecular complexity index is 673. The quantitative estimate of drug-likeness (QED) is 0.864. The number of benzene rings is 1. The van der Waals surface area contributed by atoms with Gasteiger partial charge < -0.3 is 10.1 Å². The minimum Gasteiger partial charge on any atom is -0.454 e. The van der Waals surface area contributed by atoms with Gasteiger partial charge in [-0.2, -0.15) is 36.3 Å². The Morgan fingerprint density at radius 2 is 1.78 bits per heavy atom. The van der Waals surface area contributed by atoms with Crippen molar-refractivity contribution in [3.63, 3.8) is 0 Å². The van der Waals surface area contributed by atoms with E-state index in [2.05, 4.69) is 25.0 Å². The molecule has 0 amide bonds.